The van der Waals surface area contributed by atoms with Crippen molar-refractivity contribution >= 4 is 23.8 Å². The Morgan fingerprint density at radius 2 is 2.26 bits per heavy atom. The molecule has 0 aromatic rings. The van der Waals surface area contributed by atoms with E-state index in [1.54, 1.807) is 0 Å². The lowest BCUT2D eigenvalue weighted by atomic mass is 10.1. The van der Waals surface area contributed by atoms with Gasteiger partial charge in [0.2, 0.25) is 0 Å². The summed E-state index contributed by atoms with van der Waals surface area (Å²) < 4.78 is 0.0483. The Balaban J connectivity index is 1.90. The number of carbonyl (C=O) groups is 2. The fraction of sp³-hybridized carbons (Fsp3) is 0.833. The van der Waals surface area contributed by atoms with Crippen molar-refractivity contribution in [3.8, 4) is 0 Å². The predicted molar refractivity (Wildman–Crippen MR) is 72.2 cm³/mol. The van der Waals surface area contributed by atoms with Gasteiger partial charge in [-0.2, -0.15) is 11.8 Å². The van der Waals surface area contributed by atoms with Crippen molar-refractivity contribution < 1.29 is 19.8 Å². The molecule has 108 valence electrons. The monoisotopic (exact) mass is 288 g/mol. The number of aliphatic hydroxyl groups excluding tert-OH is 1. The Morgan fingerprint density at radius 1 is 1.53 bits per heavy atom. The van der Waals surface area contributed by atoms with Gasteiger partial charge in [-0.05, 0) is 25.5 Å². The first-order valence-corrected chi connectivity index (χ1v) is 7.49. The highest BCUT2D eigenvalue weighted by Gasteiger charge is 2.39. The van der Waals surface area contributed by atoms with Crippen LogP contribution < -0.4 is 5.32 Å². The fourth-order valence-electron chi connectivity index (χ4n) is 2.61. The van der Waals surface area contributed by atoms with Gasteiger partial charge < -0.3 is 20.4 Å². The number of amides is 2. The summed E-state index contributed by atoms with van der Waals surface area (Å²) in [7, 11) is 0. The topological polar surface area (TPSA) is 89.9 Å². The van der Waals surface area contributed by atoms with Crippen molar-refractivity contribution in [2.24, 2.45) is 0 Å². The van der Waals surface area contributed by atoms with Crippen molar-refractivity contribution in [1.29, 1.82) is 0 Å². The number of aliphatic hydroxyl groups is 1. The molecule has 1 unspecified atom stereocenters. The molecule has 2 aliphatic rings. The fourth-order valence-corrected chi connectivity index (χ4v) is 3.86. The van der Waals surface area contributed by atoms with E-state index in [2.05, 4.69) is 12.2 Å². The van der Waals surface area contributed by atoms with E-state index in [0.717, 1.165) is 18.6 Å². The third kappa shape index (κ3) is 3.33. The second-order valence-corrected chi connectivity index (χ2v) is 7.14. The van der Waals surface area contributed by atoms with Crippen LogP contribution in [-0.2, 0) is 4.79 Å². The van der Waals surface area contributed by atoms with Gasteiger partial charge in [0, 0.05) is 24.3 Å². The molecule has 0 radical (unpaired) electrons. The van der Waals surface area contributed by atoms with Gasteiger partial charge in [0.05, 0.1) is 6.10 Å². The molecule has 2 aliphatic heterocycles. The number of rotatable bonds is 3. The molecule has 0 aromatic carbocycles. The van der Waals surface area contributed by atoms with Gasteiger partial charge >= 0.3 is 12.0 Å². The Labute approximate surface area is 116 Å². The molecule has 3 atom stereocenters. The number of nitrogens with one attached hydrogen (secondary N) is 1. The minimum atomic E-state index is -1.06. The van der Waals surface area contributed by atoms with E-state index in [1.807, 2.05) is 11.8 Å². The second-order valence-electron chi connectivity index (χ2n) is 5.46. The number of hydrogen-bond donors (Lipinski definition) is 3. The molecule has 0 saturated carbocycles. The van der Waals surface area contributed by atoms with Crippen molar-refractivity contribution in [3.63, 3.8) is 0 Å². The van der Waals surface area contributed by atoms with E-state index >= 15 is 0 Å². The van der Waals surface area contributed by atoms with Gasteiger partial charge in [-0.3, -0.25) is 0 Å². The number of β-amino-alcohol motifs (C(OH)–C–C–N with tert-alkyl or cyclic N) is 1. The van der Waals surface area contributed by atoms with Gasteiger partial charge in [-0.1, -0.05) is 0 Å². The molecule has 2 heterocycles. The van der Waals surface area contributed by atoms with Crippen LogP contribution in [0.1, 0.15) is 26.2 Å². The zero-order valence-corrected chi connectivity index (χ0v) is 11.8. The van der Waals surface area contributed by atoms with Crippen LogP contribution in [-0.4, -0.2) is 62.8 Å². The first-order valence-electron chi connectivity index (χ1n) is 6.50. The molecule has 7 heteroatoms. The number of aliphatic carboxylic acids is 1. The number of likely N-dealkylation sites (tertiary alicyclic amines) is 1. The molecule has 0 aromatic heterocycles. The lowest BCUT2D eigenvalue weighted by molar-refractivity contribution is -0.141. The standard InChI is InChI=1S/C12H20N2O4S/c1-12(3-2-4-19-12)7-13-11(18)14-6-8(15)5-9(14)10(16)17/h8-9,15H,2-7H2,1H3,(H,13,18)(H,16,17)/t8-,9-,12?/m0/s1. The van der Waals surface area contributed by atoms with E-state index in [-0.39, 0.29) is 17.7 Å². The average Bonchev–Trinajstić information content (AvgIpc) is 2.93. The Morgan fingerprint density at radius 3 is 2.84 bits per heavy atom. The number of carboxylic acids is 1. The SMILES string of the molecule is CC1(CNC(=O)N2C[C@@H](O)C[C@H]2C(=O)O)CCCS1. The zero-order valence-electron chi connectivity index (χ0n) is 11.0. The van der Waals surface area contributed by atoms with E-state index < -0.39 is 24.1 Å². The molecule has 2 amide bonds. The molecule has 3 N–H and O–H groups in total. The van der Waals surface area contributed by atoms with Crippen LogP contribution in [0.15, 0.2) is 0 Å². The lowest BCUT2D eigenvalue weighted by Crippen LogP contribution is -2.49. The second kappa shape index (κ2) is 5.58. The smallest absolute Gasteiger partial charge is 0.326 e. The van der Waals surface area contributed by atoms with Crippen LogP contribution >= 0.6 is 11.8 Å². The number of hydrogen-bond acceptors (Lipinski definition) is 4. The summed E-state index contributed by atoms with van der Waals surface area (Å²) in [5, 5.41) is 21.4. The van der Waals surface area contributed by atoms with Gasteiger partial charge in [-0.25, -0.2) is 9.59 Å². The summed E-state index contributed by atoms with van der Waals surface area (Å²) in [6, 6.07) is -1.31. The molecule has 0 aliphatic carbocycles. The van der Waals surface area contributed by atoms with Crippen LogP contribution in [0.25, 0.3) is 0 Å². The van der Waals surface area contributed by atoms with Crippen LogP contribution in [0.3, 0.4) is 0 Å². The Bertz CT molecular complexity index is 371. The van der Waals surface area contributed by atoms with Crippen LogP contribution in [0.5, 0.6) is 0 Å². The number of nitrogens with zero attached hydrogens (tertiary/aromatic N) is 1. The predicted octanol–water partition coefficient (Wildman–Crippen LogP) is 0.501. The Hall–Kier alpha value is -0.950. The van der Waals surface area contributed by atoms with Crippen molar-refractivity contribution in [2.75, 3.05) is 18.8 Å². The van der Waals surface area contributed by atoms with Crippen molar-refractivity contribution in [1.82, 2.24) is 10.2 Å². The highest BCUT2D eigenvalue weighted by molar-refractivity contribution is 8.00. The molecule has 2 fully saturated rings. The molecular weight excluding hydrogens is 268 g/mol. The molecule has 2 rings (SSSR count). The van der Waals surface area contributed by atoms with Gasteiger partial charge in [0.1, 0.15) is 6.04 Å². The van der Waals surface area contributed by atoms with Crippen LogP contribution in [0.4, 0.5) is 4.79 Å². The molecule has 0 bridgehead atoms. The molecule has 6 nitrogen and oxygen atoms in total. The van der Waals surface area contributed by atoms with Crippen molar-refractivity contribution in [2.45, 2.75) is 43.1 Å². The normalized spacial score (nSPS) is 34.5. The maximum atomic E-state index is 12.0. The highest BCUT2D eigenvalue weighted by Crippen LogP contribution is 2.37. The summed E-state index contributed by atoms with van der Waals surface area (Å²) in [5.41, 5.74) is 0. The maximum absolute atomic E-state index is 12.0. The number of thioether (sulfide) groups is 1. The summed E-state index contributed by atoms with van der Waals surface area (Å²) in [6.07, 6.45) is 1.57. The van der Waals surface area contributed by atoms with Gasteiger partial charge in [0.25, 0.3) is 0 Å². The molecular formula is C12H20N2O4S. The van der Waals surface area contributed by atoms with Crippen LogP contribution in [0, 0.1) is 0 Å². The summed E-state index contributed by atoms with van der Waals surface area (Å²) in [5.74, 6) is 0.0418. The first-order chi connectivity index (χ1) is 8.91. The van der Waals surface area contributed by atoms with Gasteiger partial charge in [-0.15, -0.1) is 0 Å². The number of urea groups is 1. The highest BCUT2D eigenvalue weighted by atomic mass is 32.2. The van der Waals surface area contributed by atoms with E-state index in [0.29, 0.717) is 6.54 Å². The van der Waals surface area contributed by atoms with E-state index in [4.69, 9.17) is 5.11 Å². The number of carbonyl (C=O) groups excluding carboxylic acids is 1. The lowest BCUT2D eigenvalue weighted by Gasteiger charge is -2.26. The van der Waals surface area contributed by atoms with Crippen molar-refractivity contribution in [3.05, 3.63) is 0 Å². The average molecular weight is 288 g/mol. The summed E-state index contributed by atoms with van der Waals surface area (Å²) in [4.78, 5) is 24.3. The van der Waals surface area contributed by atoms with E-state index in [1.165, 1.54) is 4.90 Å². The molecule has 19 heavy (non-hydrogen) atoms. The first kappa shape index (κ1) is 14.5. The summed E-state index contributed by atoms with van der Waals surface area (Å²) in [6.45, 7) is 2.74. The zero-order chi connectivity index (χ0) is 14.0. The quantitative estimate of drug-likeness (QED) is 0.703. The maximum Gasteiger partial charge on any atom is 0.326 e. The Kier molecular flexibility index (Phi) is 4.25. The molecule has 2 saturated heterocycles. The minimum Gasteiger partial charge on any atom is -0.480 e. The largest absolute Gasteiger partial charge is 0.480 e. The number of carboxylic acid groups (broad SMARTS) is 1. The third-order valence-corrected chi connectivity index (χ3v) is 5.28. The minimum absolute atomic E-state index is 0.0483. The van der Waals surface area contributed by atoms with Crippen LogP contribution in [0.2, 0.25) is 0 Å². The third-order valence-electron chi connectivity index (χ3n) is 3.74. The summed E-state index contributed by atoms with van der Waals surface area (Å²) >= 11 is 1.84. The molecule has 0 spiro atoms. The van der Waals surface area contributed by atoms with Gasteiger partial charge in [0.15, 0.2) is 0 Å². The van der Waals surface area contributed by atoms with E-state index in [9.17, 15) is 14.7 Å².